The molecule has 0 unspecified atom stereocenters. The molecule has 6 nitrogen and oxygen atoms in total. The highest BCUT2D eigenvalue weighted by Crippen LogP contribution is 2.21. The Hall–Kier alpha value is -2.84. The minimum absolute atomic E-state index is 0.0117. The van der Waals surface area contributed by atoms with Gasteiger partial charge in [0.1, 0.15) is 11.4 Å². The first-order valence-electron chi connectivity index (χ1n) is 6.84. The third-order valence-electron chi connectivity index (χ3n) is 2.93. The molecule has 24 heavy (non-hydrogen) atoms. The highest BCUT2D eigenvalue weighted by atomic mass is 19.4. The molecular formula is C15H14F3N3O3. The molecule has 2 aromatic rings. The lowest BCUT2D eigenvalue weighted by molar-refractivity contribution is -0.154. The van der Waals surface area contributed by atoms with Gasteiger partial charge in [0.25, 0.3) is 0 Å². The van der Waals surface area contributed by atoms with Crippen molar-refractivity contribution in [3.8, 4) is 5.88 Å². The summed E-state index contributed by atoms with van der Waals surface area (Å²) < 4.78 is 41.5. The maximum Gasteiger partial charge on any atom is 0.422 e. The highest BCUT2D eigenvalue weighted by molar-refractivity contribution is 5.93. The minimum atomic E-state index is -4.48. The monoisotopic (exact) mass is 341 g/mol. The number of hydrogen-bond donors (Lipinski definition) is 2. The van der Waals surface area contributed by atoms with Gasteiger partial charge in [-0.25, -0.2) is 14.8 Å². The molecule has 0 spiro atoms. The molecule has 0 amide bonds. The Morgan fingerprint density at radius 2 is 2.08 bits per heavy atom. The van der Waals surface area contributed by atoms with Crippen LogP contribution in [0.3, 0.4) is 0 Å². The van der Waals surface area contributed by atoms with Gasteiger partial charge in [-0.05, 0) is 25.1 Å². The Morgan fingerprint density at radius 3 is 2.75 bits per heavy atom. The fourth-order valence-corrected chi connectivity index (χ4v) is 1.88. The van der Waals surface area contributed by atoms with Gasteiger partial charge in [-0.3, -0.25) is 0 Å². The molecule has 0 aliphatic heterocycles. The van der Waals surface area contributed by atoms with Crippen LogP contribution in [0, 0.1) is 6.92 Å². The van der Waals surface area contributed by atoms with Crippen LogP contribution in [0.2, 0.25) is 0 Å². The molecule has 0 aliphatic rings. The van der Waals surface area contributed by atoms with Crippen LogP contribution in [0.1, 0.15) is 21.6 Å². The molecule has 2 heterocycles. The number of aromatic nitrogens is 2. The van der Waals surface area contributed by atoms with Crippen molar-refractivity contribution in [2.24, 2.45) is 0 Å². The van der Waals surface area contributed by atoms with Crippen molar-refractivity contribution in [3.05, 3.63) is 47.3 Å². The van der Waals surface area contributed by atoms with E-state index in [-0.39, 0.29) is 23.8 Å². The van der Waals surface area contributed by atoms with E-state index in [1.807, 2.05) is 0 Å². The molecule has 128 valence electrons. The SMILES string of the molecule is Cc1ccc(C(=O)O)c(NCc2cccnc2OCC(F)(F)F)n1. The summed E-state index contributed by atoms with van der Waals surface area (Å²) in [4.78, 5) is 19.0. The van der Waals surface area contributed by atoms with Crippen LogP contribution in [-0.2, 0) is 6.54 Å². The molecular weight excluding hydrogens is 327 g/mol. The van der Waals surface area contributed by atoms with Gasteiger partial charge in [0.15, 0.2) is 6.61 Å². The molecule has 0 fully saturated rings. The third kappa shape index (κ3) is 4.83. The quantitative estimate of drug-likeness (QED) is 0.840. The summed E-state index contributed by atoms with van der Waals surface area (Å²) in [5.74, 6) is -1.22. The zero-order chi connectivity index (χ0) is 17.7. The summed E-state index contributed by atoms with van der Waals surface area (Å²) in [5.41, 5.74) is 0.908. The zero-order valence-electron chi connectivity index (χ0n) is 12.6. The van der Waals surface area contributed by atoms with Crippen molar-refractivity contribution in [3.63, 3.8) is 0 Å². The highest BCUT2D eigenvalue weighted by Gasteiger charge is 2.29. The number of nitrogens with zero attached hydrogens (tertiary/aromatic N) is 2. The number of aryl methyl sites for hydroxylation is 1. The molecule has 0 bridgehead atoms. The lowest BCUT2D eigenvalue weighted by Crippen LogP contribution is -2.20. The average Bonchev–Trinajstić information content (AvgIpc) is 2.50. The van der Waals surface area contributed by atoms with Crippen molar-refractivity contribution < 1.29 is 27.8 Å². The number of rotatable bonds is 6. The number of hydrogen-bond acceptors (Lipinski definition) is 5. The van der Waals surface area contributed by atoms with Gasteiger partial charge in [-0.1, -0.05) is 6.07 Å². The standard InChI is InChI=1S/C15H14F3N3O3/c1-9-4-5-11(14(22)23)12(21-9)20-7-10-3-2-6-19-13(10)24-8-15(16,17)18/h2-6H,7-8H2,1H3,(H,20,21)(H,22,23). The van der Waals surface area contributed by atoms with Crippen LogP contribution in [0.15, 0.2) is 30.5 Å². The van der Waals surface area contributed by atoms with Gasteiger partial charge in [0.05, 0.1) is 0 Å². The molecule has 0 aliphatic carbocycles. The lowest BCUT2D eigenvalue weighted by Gasteiger charge is -2.13. The number of halogens is 3. The fourth-order valence-electron chi connectivity index (χ4n) is 1.88. The van der Waals surface area contributed by atoms with Crippen LogP contribution in [-0.4, -0.2) is 33.8 Å². The molecule has 2 N–H and O–H groups in total. The first kappa shape index (κ1) is 17.5. The van der Waals surface area contributed by atoms with E-state index in [1.54, 1.807) is 19.1 Å². The number of carboxylic acid groups (broad SMARTS) is 1. The summed E-state index contributed by atoms with van der Waals surface area (Å²) in [7, 11) is 0. The molecule has 0 saturated carbocycles. The van der Waals surface area contributed by atoms with Gasteiger partial charge < -0.3 is 15.2 Å². The van der Waals surface area contributed by atoms with Crippen molar-refractivity contribution in [1.82, 2.24) is 9.97 Å². The van der Waals surface area contributed by atoms with Crippen molar-refractivity contribution in [2.45, 2.75) is 19.6 Å². The van der Waals surface area contributed by atoms with E-state index in [4.69, 9.17) is 5.11 Å². The molecule has 0 aromatic carbocycles. The summed E-state index contributed by atoms with van der Waals surface area (Å²) in [6, 6.07) is 6.02. The number of aromatic carboxylic acids is 1. The minimum Gasteiger partial charge on any atom is -0.478 e. The Morgan fingerprint density at radius 1 is 1.33 bits per heavy atom. The number of carboxylic acids is 1. The largest absolute Gasteiger partial charge is 0.478 e. The summed E-state index contributed by atoms with van der Waals surface area (Å²) in [6.07, 6.45) is -3.17. The maximum atomic E-state index is 12.3. The zero-order valence-corrected chi connectivity index (χ0v) is 12.6. The number of ether oxygens (including phenoxy) is 1. The van der Waals surface area contributed by atoms with E-state index in [0.29, 0.717) is 11.3 Å². The van der Waals surface area contributed by atoms with E-state index in [1.165, 1.54) is 18.3 Å². The lowest BCUT2D eigenvalue weighted by atomic mass is 10.2. The molecule has 0 radical (unpaired) electrons. The topological polar surface area (TPSA) is 84.3 Å². The van der Waals surface area contributed by atoms with Gasteiger partial charge >= 0.3 is 12.1 Å². The number of anilines is 1. The Balaban J connectivity index is 2.15. The molecule has 2 rings (SSSR count). The molecule has 9 heteroatoms. The first-order chi connectivity index (χ1) is 11.3. The summed E-state index contributed by atoms with van der Waals surface area (Å²) in [5, 5.41) is 11.9. The van der Waals surface area contributed by atoms with E-state index >= 15 is 0 Å². The van der Waals surface area contributed by atoms with Crippen molar-refractivity contribution in [1.29, 1.82) is 0 Å². The Kier molecular flexibility index (Phi) is 5.22. The number of nitrogens with one attached hydrogen (secondary N) is 1. The van der Waals surface area contributed by atoms with Gasteiger partial charge in [0.2, 0.25) is 5.88 Å². The van der Waals surface area contributed by atoms with Crippen LogP contribution >= 0.6 is 0 Å². The van der Waals surface area contributed by atoms with Crippen LogP contribution in [0.4, 0.5) is 19.0 Å². The fraction of sp³-hybridized carbons (Fsp3) is 0.267. The summed E-state index contributed by atoms with van der Waals surface area (Å²) in [6.45, 7) is 0.247. The third-order valence-corrected chi connectivity index (χ3v) is 2.93. The predicted octanol–water partition coefficient (Wildman–Crippen LogP) is 3.04. The summed E-state index contributed by atoms with van der Waals surface area (Å²) >= 11 is 0. The second-order valence-corrected chi connectivity index (χ2v) is 4.88. The van der Waals surface area contributed by atoms with Gasteiger partial charge in [-0.2, -0.15) is 13.2 Å². The average molecular weight is 341 g/mol. The normalized spacial score (nSPS) is 11.2. The number of alkyl halides is 3. The van der Waals surface area contributed by atoms with Crippen molar-refractivity contribution >= 4 is 11.8 Å². The first-order valence-corrected chi connectivity index (χ1v) is 6.84. The van der Waals surface area contributed by atoms with Crippen molar-refractivity contribution in [2.75, 3.05) is 11.9 Å². The van der Waals surface area contributed by atoms with Crippen LogP contribution in [0.5, 0.6) is 5.88 Å². The smallest absolute Gasteiger partial charge is 0.422 e. The predicted molar refractivity (Wildman–Crippen MR) is 79.0 cm³/mol. The van der Waals surface area contributed by atoms with E-state index in [9.17, 15) is 18.0 Å². The van der Waals surface area contributed by atoms with E-state index < -0.39 is 18.8 Å². The van der Waals surface area contributed by atoms with E-state index in [0.717, 1.165) is 0 Å². The number of carbonyl (C=O) groups is 1. The second kappa shape index (κ2) is 7.16. The van der Waals surface area contributed by atoms with E-state index in [2.05, 4.69) is 20.0 Å². The van der Waals surface area contributed by atoms with Gasteiger partial charge in [0, 0.05) is 24.0 Å². The Bertz CT molecular complexity index is 735. The molecule has 0 saturated heterocycles. The maximum absolute atomic E-state index is 12.3. The Labute approximate surface area is 135 Å². The van der Waals surface area contributed by atoms with Crippen LogP contribution in [0.25, 0.3) is 0 Å². The molecule has 2 aromatic heterocycles. The molecule has 0 atom stereocenters. The number of pyridine rings is 2. The second-order valence-electron chi connectivity index (χ2n) is 4.88. The van der Waals surface area contributed by atoms with Crippen LogP contribution < -0.4 is 10.1 Å². The van der Waals surface area contributed by atoms with Gasteiger partial charge in [-0.15, -0.1) is 0 Å².